The number of carbonyl (C=O) groups excluding carboxylic acids is 2. The Balaban J connectivity index is 4.42. The lowest BCUT2D eigenvalue weighted by Gasteiger charge is -2.19. The van der Waals surface area contributed by atoms with Crippen LogP contribution in [-0.2, 0) is 32.7 Å². The van der Waals surface area contributed by atoms with E-state index in [0.717, 1.165) is 77.0 Å². The molecule has 10 nitrogen and oxygen atoms in total. The van der Waals surface area contributed by atoms with E-state index in [1.807, 2.05) is 31.2 Å². The third-order valence-corrected chi connectivity index (χ3v) is 8.85. The van der Waals surface area contributed by atoms with Gasteiger partial charge in [-0.3, -0.25) is 18.6 Å². The van der Waals surface area contributed by atoms with Gasteiger partial charge in [-0.2, -0.15) is 0 Å². The van der Waals surface area contributed by atoms with E-state index in [4.69, 9.17) is 24.3 Å². The van der Waals surface area contributed by atoms with Crippen LogP contribution in [0.1, 0.15) is 123 Å². The fourth-order valence-electron chi connectivity index (χ4n) is 4.79. The number of aliphatic hydroxyl groups is 1. The molecule has 0 aliphatic carbocycles. The van der Waals surface area contributed by atoms with Gasteiger partial charge in [0.1, 0.15) is 6.61 Å². The maximum Gasteiger partial charge on any atom is 0.472 e. The summed E-state index contributed by atoms with van der Waals surface area (Å²) in [7, 11) is -4.42. The molecule has 3 atom stereocenters. The van der Waals surface area contributed by atoms with E-state index in [0.29, 0.717) is 19.3 Å². The first-order valence-corrected chi connectivity index (χ1v) is 22.5. The van der Waals surface area contributed by atoms with Gasteiger partial charge in [0.2, 0.25) is 0 Å². The van der Waals surface area contributed by atoms with E-state index in [1.54, 1.807) is 0 Å². The van der Waals surface area contributed by atoms with Crippen LogP contribution >= 0.6 is 7.82 Å². The molecule has 0 aliphatic heterocycles. The Hall–Kier alpha value is -3.63. The number of allylic oxidation sites excluding steroid dienone is 20. The number of nitrogens with two attached hydrogens (primary N) is 1. The van der Waals surface area contributed by atoms with Gasteiger partial charge in [0.05, 0.1) is 19.3 Å². The second-order valence-electron chi connectivity index (χ2n) is 13.4. The number of phosphoric ester groups is 1. The Labute approximate surface area is 350 Å². The standard InChI is InChI=1S/C47H74NO9P/c1-3-4-5-6-7-8-9-10-11-12-13-14-17-20-23-26-29-32-35-38-46(50)54-42-45(43-56-58(52,53)55-41-40-48)57-47(51)39-36-33-30-27-24-21-18-15-16-19-22-25-28-31-34-37-44(2)49/h4-5,7-8,10-11,13-14,16,18-21,23,25,27-30,32,44-45,49H,3,6,9,12,15,17,22,24,26,31,33-43,48H2,1-2H3,(H,52,53)/b5-4-,8-7-,11-10-,14-13-,19-16-,21-18-,23-20-,28-25-,30-27-,32-29-/t44-,45+/m0/s1. The van der Waals surface area contributed by atoms with Gasteiger partial charge in [0.25, 0.3) is 0 Å². The number of unbranched alkanes of at least 4 members (excludes halogenated alkanes) is 2. The summed E-state index contributed by atoms with van der Waals surface area (Å²) in [5, 5.41) is 9.27. The van der Waals surface area contributed by atoms with Crippen LogP contribution in [0.2, 0.25) is 0 Å². The average molecular weight is 828 g/mol. The minimum atomic E-state index is -4.42. The third kappa shape index (κ3) is 42.0. The Morgan fingerprint density at radius 1 is 0.586 bits per heavy atom. The van der Waals surface area contributed by atoms with Gasteiger partial charge < -0.3 is 25.2 Å². The van der Waals surface area contributed by atoms with E-state index < -0.39 is 32.5 Å². The highest BCUT2D eigenvalue weighted by molar-refractivity contribution is 7.47. The highest BCUT2D eigenvalue weighted by Gasteiger charge is 2.25. The van der Waals surface area contributed by atoms with Crippen molar-refractivity contribution in [3.05, 3.63) is 122 Å². The van der Waals surface area contributed by atoms with Crippen molar-refractivity contribution in [2.24, 2.45) is 5.73 Å². The molecule has 1 unspecified atom stereocenters. The summed E-state index contributed by atoms with van der Waals surface area (Å²) >= 11 is 0. The van der Waals surface area contributed by atoms with Crippen molar-refractivity contribution in [3.63, 3.8) is 0 Å². The molecule has 0 aromatic heterocycles. The zero-order valence-electron chi connectivity index (χ0n) is 35.3. The SMILES string of the molecule is CC/C=C\C/C=C\C/C=C\C/C=C\C/C=C\C/C=C\CCC(=O)OC[C@H](COP(=O)(O)OCCN)OC(=O)CCC/C=C\C/C=C\C/C=C\C/C=C\CCC[C@H](C)O. The number of rotatable bonds is 37. The van der Waals surface area contributed by atoms with Crippen LogP contribution in [0.4, 0.5) is 0 Å². The summed E-state index contributed by atoms with van der Waals surface area (Å²) < 4.78 is 32.6. The molecule has 0 heterocycles. The first-order chi connectivity index (χ1) is 28.2. The molecule has 0 saturated carbocycles. The Bertz CT molecular complexity index is 1370. The third-order valence-electron chi connectivity index (χ3n) is 7.86. The lowest BCUT2D eigenvalue weighted by atomic mass is 10.1. The lowest BCUT2D eigenvalue weighted by Crippen LogP contribution is -2.29. The second-order valence-corrected chi connectivity index (χ2v) is 14.9. The molecular weight excluding hydrogens is 753 g/mol. The summed E-state index contributed by atoms with van der Waals surface area (Å²) in [6.45, 7) is 2.97. The number of carbonyl (C=O) groups is 2. The Morgan fingerprint density at radius 2 is 1.02 bits per heavy atom. The Morgan fingerprint density at radius 3 is 1.47 bits per heavy atom. The van der Waals surface area contributed by atoms with Crippen molar-refractivity contribution >= 4 is 19.8 Å². The predicted molar refractivity (Wildman–Crippen MR) is 239 cm³/mol. The molecular formula is C47H74NO9P. The zero-order chi connectivity index (χ0) is 42.6. The van der Waals surface area contributed by atoms with Crippen molar-refractivity contribution in [1.82, 2.24) is 0 Å². The number of esters is 2. The van der Waals surface area contributed by atoms with E-state index in [2.05, 4.69) is 104 Å². The van der Waals surface area contributed by atoms with Gasteiger partial charge in [-0.1, -0.05) is 128 Å². The van der Waals surface area contributed by atoms with Crippen molar-refractivity contribution < 1.29 is 42.7 Å². The van der Waals surface area contributed by atoms with Crippen LogP contribution in [0.25, 0.3) is 0 Å². The van der Waals surface area contributed by atoms with Crippen LogP contribution in [0, 0.1) is 0 Å². The molecule has 0 aliphatic rings. The monoisotopic (exact) mass is 828 g/mol. The molecule has 4 N–H and O–H groups in total. The molecule has 58 heavy (non-hydrogen) atoms. The molecule has 0 saturated heterocycles. The van der Waals surface area contributed by atoms with Crippen molar-refractivity contribution in [2.45, 2.75) is 135 Å². The van der Waals surface area contributed by atoms with Crippen LogP contribution in [0.3, 0.4) is 0 Å². The van der Waals surface area contributed by atoms with E-state index >= 15 is 0 Å². The fourth-order valence-corrected chi connectivity index (χ4v) is 5.55. The maximum absolute atomic E-state index is 12.6. The molecule has 0 radical (unpaired) electrons. The maximum atomic E-state index is 12.6. The van der Waals surface area contributed by atoms with E-state index in [-0.39, 0.29) is 38.7 Å². The molecule has 0 spiro atoms. The predicted octanol–water partition coefficient (Wildman–Crippen LogP) is 11.1. The van der Waals surface area contributed by atoms with Crippen molar-refractivity contribution in [1.29, 1.82) is 0 Å². The smallest absolute Gasteiger partial charge is 0.462 e. The van der Waals surface area contributed by atoms with Crippen LogP contribution in [-0.4, -0.2) is 60.5 Å². The first kappa shape index (κ1) is 54.4. The molecule has 0 bridgehead atoms. The van der Waals surface area contributed by atoms with Gasteiger partial charge in [-0.25, -0.2) is 4.57 Å². The number of hydrogen-bond donors (Lipinski definition) is 3. The molecule has 326 valence electrons. The quantitative estimate of drug-likeness (QED) is 0.0238. The van der Waals surface area contributed by atoms with Crippen molar-refractivity contribution in [3.8, 4) is 0 Å². The Kier molecular flexibility index (Phi) is 38.9. The normalized spacial score (nSPS) is 15.1. The highest BCUT2D eigenvalue weighted by Crippen LogP contribution is 2.43. The summed E-state index contributed by atoms with van der Waals surface area (Å²) in [5.74, 6) is -1.02. The van der Waals surface area contributed by atoms with Gasteiger partial charge in [-0.05, 0) is 103 Å². The van der Waals surface area contributed by atoms with Gasteiger partial charge in [-0.15, -0.1) is 0 Å². The molecule has 0 fully saturated rings. The lowest BCUT2D eigenvalue weighted by molar-refractivity contribution is -0.161. The van der Waals surface area contributed by atoms with E-state index in [1.165, 1.54) is 0 Å². The van der Waals surface area contributed by atoms with E-state index in [9.17, 15) is 24.2 Å². The van der Waals surface area contributed by atoms with Crippen LogP contribution in [0.15, 0.2) is 122 Å². The summed E-state index contributed by atoms with van der Waals surface area (Å²) in [6, 6.07) is 0. The second kappa shape index (κ2) is 41.5. The van der Waals surface area contributed by atoms with Crippen molar-refractivity contribution in [2.75, 3.05) is 26.4 Å². The van der Waals surface area contributed by atoms with Gasteiger partial charge in [0, 0.05) is 19.4 Å². The number of phosphoric acid groups is 1. The number of hydrogen-bond acceptors (Lipinski definition) is 9. The van der Waals surface area contributed by atoms with Crippen LogP contribution in [0.5, 0.6) is 0 Å². The topological polar surface area (TPSA) is 155 Å². The van der Waals surface area contributed by atoms with Gasteiger partial charge in [0.15, 0.2) is 6.10 Å². The average Bonchev–Trinajstić information content (AvgIpc) is 3.20. The highest BCUT2D eigenvalue weighted by atomic mass is 31.2. The molecule has 0 aromatic carbocycles. The molecule has 0 amide bonds. The molecule has 11 heteroatoms. The number of aliphatic hydroxyl groups excluding tert-OH is 1. The van der Waals surface area contributed by atoms with Crippen LogP contribution < -0.4 is 5.73 Å². The number of ether oxygens (including phenoxy) is 2. The largest absolute Gasteiger partial charge is 0.472 e. The summed E-state index contributed by atoms with van der Waals surface area (Å²) in [6.07, 6.45) is 53.8. The molecule has 0 aromatic rings. The minimum absolute atomic E-state index is 0.0224. The zero-order valence-corrected chi connectivity index (χ0v) is 36.2. The van der Waals surface area contributed by atoms with Gasteiger partial charge >= 0.3 is 19.8 Å². The summed E-state index contributed by atoms with van der Waals surface area (Å²) in [5.41, 5.74) is 5.33. The molecule has 0 rings (SSSR count). The first-order valence-electron chi connectivity index (χ1n) is 21.0. The fraction of sp³-hybridized carbons (Fsp3) is 0.532. The summed E-state index contributed by atoms with van der Waals surface area (Å²) in [4.78, 5) is 34.8. The minimum Gasteiger partial charge on any atom is -0.462 e.